The van der Waals surface area contributed by atoms with E-state index in [-0.39, 0.29) is 34.0 Å². The molecule has 0 N–H and O–H groups in total. The van der Waals surface area contributed by atoms with E-state index in [0.717, 1.165) is 0 Å². The molecule has 0 atom stereocenters. The van der Waals surface area contributed by atoms with Crippen molar-refractivity contribution < 1.29 is 42.9 Å². The SMILES string of the molecule is CCCCCCCCCCCC[N+]12CC[N+](CCCCCCCCCCCC)(CC1)CC2.[Br-].[Br-]. The lowest BCUT2D eigenvalue weighted by molar-refractivity contribution is -1.08. The zero-order valence-corrected chi connectivity index (χ0v) is 26.6. The highest BCUT2D eigenvalue weighted by atomic mass is 79.9. The monoisotopic (exact) mass is 608 g/mol. The topological polar surface area (TPSA) is 0 Å². The first-order valence-corrected chi connectivity index (χ1v) is 15.4. The Hall–Kier alpha value is 0.880. The van der Waals surface area contributed by atoms with Gasteiger partial charge in [0.05, 0.1) is 13.1 Å². The Bertz CT molecular complexity index is 379. The summed E-state index contributed by atoms with van der Waals surface area (Å²) in [6.07, 6.45) is 29.4. The third-order valence-electron chi connectivity index (χ3n) is 9.12. The Kier molecular flexibility index (Phi) is 22.5. The highest BCUT2D eigenvalue weighted by Crippen LogP contribution is 2.28. The van der Waals surface area contributed by atoms with Gasteiger partial charge in [-0.15, -0.1) is 0 Å². The molecule has 2 bridgehead atoms. The Morgan fingerprint density at radius 2 is 0.529 bits per heavy atom. The van der Waals surface area contributed by atoms with Crippen LogP contribution in [0.5, 0.6) is 0 Å². The number of unbranched alkanes of at least 4 members (excludes halogenated alkanes) is 18. The summed E-state index contributed by atoms with van der Waals surface area (Å²) in [7, 11) is 0. The quantitative estimate of drug-likeness (QED) is 0.131. The zero-order chi connectivity index (χ0) is 22.8. The molecular weight excluding hydrogens is 548 g/mol. The fourth-order valence-electron chi connectivity index (χ4n) is 6.48. The summed E-state index contributed by atoms with van der Waals surface area (Å²) in [5.74, 6) is 0. The normalized spacial score (nSPS) is 23.5. The molecule has 0 spiro atoms. The molecular formula is C30H62Br2N2. The van der Waals surface area contributed by atoms with Gasteiger partial charge in [0.1, 0.15) is 39.3 Å². The summed E-state index contributed by atoms with van der Waals surface area (Å²) in [5.41, 5.74) is 0. The van der Waals surface area contributed by atoms with Crippen molar-refractivity contribution in [3.05, 3.63) is 0 Å². The number of quaternary nitrogens is 2. The van der Waals surface area contributed by atoms with Gasteiger partial charge in [-0.25, -0.2) is 0 Å². The molecule has 0 amide bonds. The van der Waals surface area contributed by atoms with E-state index in [1.807, 2.05) is 0 Å². The molecule has 4 heteroatoms. The van der Waals surface area contributed by atoms with Crippen molar-refractivity contribution >= 4 is 0 Å². The van der Waals surface area contributed by atoms with Crippen molar-refractivity contribution in [3.8, 4) is 0 Å². The second kappa shape index (κ2) is 21.9. The van der Waals surface area contributed by atoms with Gasteiger partial charge in [0.2, 0.25) is 0 Å². The van der Waals surface area contributed by atoms with Crippen molar-refractivity contribution in [3.63, 3.8) is 0 Å². The summed E-state index contributed by atoms with van der Waals surface area (Å²) in [5, 5.41) is 0. The average molecular weight is 611 g/mol. The van der Waals surface area contributed by atoms with Crippen LogP contribution in [0, 0.1) is 0 Å². The van der Waals surface area contributed by atoms with E-state index in [4.69, 9.17) is 0 Å². The van der Waals surface area contributed by atoms with Crippen LogP contribution in [0.3, 0.4) is 0 Å². The Morgan fingerprint density at radius 3 is 0.765 bits per heavy atom. The molecule has 3 rings (SSSR count). The van der Waals surface area contributed by atoms with Crippen LogP contribution < -0.4 is 34.0 Å². The maximum Gasteiger partial charge on any atom is 0.129 e. The first kappa shape index (κ1) is 34.9. The highest BCUT2D eigenvalue weighted by molar-refractivity contribution is 4.63. The smallest absolute Gasteiger partial charge is 0.129 e. The predicted molar refractivity (Wildman–Crippen MR) is 143 cm³/mol. The summed E-state index contributed by atoms with van der Waals surface area (Å²) in [6.45, 7) is 16.6. The highest BCUT2D eigenvalue weighted by Gasteiger charge is 2.47. The molecule has 0 aliphatic carbocycles. The molecule has 0 unspecified atom stereocenters. The summed E-state index contributed by atoms with van der Waals surface area (Å²) in [6, 6.07) is 0. The maximum absolute atomic E-state index is 2.31. The van der Waals surface area contributed by atoms with Crippen LogP contribution in [-0.4, -0.2) is 61.3 Å². The van der Waals surface area contributed by atoms with Gasteiger partial charge in [0.15, 0.2) is 0 Å². The van der Waals surface area contributed by atoms with E-state index in [1.54, 1.807) is 0 Å². The molecule has 0 aromatic heterocycles. The number of hydrogen-bond acceptors (Lipinski definition) is 0. The maximum atomic E-state index is 2.31. The summed E-state index contributed by atoms with van der Waals surface area (Å²) in [4.78, 5) is 0. The van der Waals surface area contributed by atoms with Crippen molar-refractivity contribution in [1.29, 1.82) is 0 Å². The van der Waals surface area contributed by atoms with Gasteiger partial charge in [-0.3, -0.25) is 0 Å². The second-order valence-corrected chi connectivity index (χ2v) is 11.8. The van der Waals surface area contributed by atoms with Gasteiger partial charge in [-0.05, 0) is 25.7 Å². The number of nitrogens with zero attached hydrogens (tertiary/aromatic N) is 2. The van der Waals surface area contributed by atoms with Gasteiger partial charge in [0.25, 0.3) is 0 Å². The minimum atomic E-state index is 0. The zero-order valence-electron chi connectivity index (χ0n) is 23.4. The lowest BCUT2D eigenvalue weighted by Gasteiger charge is -2.55. The Balaban J connectivity index is 0.00000544. The molecule has 3 aliphatic heterocycles. The number of fused-ring (bicyclic) bond motifs is 3. The molecule has 3 fully saturated rings. The molecule has 2 nitrogen and oxygen atoms in total. The van der Waals surface area contributed by atoms with Crippen LogP contribution in [0.2, 0.25) is 0 Å². The first-order chi connectivity index (χ1) is 15.7. The molecule has 0 saturated carbocycles. The average Bonchev–Trinajstić information content (AvgIpc) is 2.83. The van der Waals surface area contributed by atoms with E-state index < -0.39 is 0 Å². The minimum Gasteiger partial charge on any atom is -1.00 e. The lowest BCUT2D eigenvalue weighted by atomic mass is 10.0. The van der Waals surface area contributed by atoms with E-state index >= 15 is 0 Å². The summed E-state index contributed by atoms with van der Waals surface area (Å²) >= 11 is 0. The van der Waals surface area contributed by atoms with E-state index in [9.17, 15) is 0 Å². The van der Waals surface area contributed by atoms with Crippen LogP contribution in [0.4, 0.5) is 0 Å². The molecule has 34 heavy (non-hydrogen) atoms. The third kappa shape index (κ3) is 14.6. The third-order valence-corrected chi connectivity index (χ3v) is 9.12. The lowest BCUT2D eigenvalue weighted by Crippen LogP contribution is -3.00. The Labute approximate surface area is 236 Å². The van der Waals surface area contributed by atoms with Crippen LogP contribution in [0.25, 0.3) is 0 Å². The van der Waals surface area contributed by atoms with Crippen LogP contribution in [0.15, 0.2) is 0 Å². The fraction of sp³-hybridized carbons (Fsp3) is 1.00. The molecule has 3 saturated heterocycles. The van der Waals surface area contributed by atoms with Crippen LogP contribution in [-0.2, 0) is 0 Å². The second-order valence-electron chi connectivity index (χ2n) is 11.8. The molecule has 3 aliphatic rings. The Morgan fingerprint density at radius 1 is 0.324 bits per heavy atom. The largest absolute Gasteiger partial charge is 1.00 e. The number of halogens is 2. The van der Waals surface area contributed by atoms with Crippen molar-refractivity contribution in [2.45, 2.75) is 142 Å². The van der Waals surface area contributed by atoms with Gasteiger partial charge in [0, 0.05) is 0 Å². The van der Waals surface area contributed by atoms with Gasteiger partial charge in [-0.2, -0.15) is 0 Å². The van der Waals surface area contributed by atoms with Crippen LogP contribution >= 0.6 is 0 Å². The molecule has 0 aromatic carbocycles. The van der Waals surface area contributed by atoms with E-state index in [1.165, 1.54) is 190 Å². The summed E-state index contributed by atoms with van der Waals surface area (Å²) < 4.78 is 2.99. The molecule has 3 heterocycles. The van der Waals surface area contributed by atoms with Gasteiger partial charge >= 0.3 is 0 Å². The first-order valence-electron chi connectivity index (χ1n) is 15.4. The molecule has 0 aromatic rings. The molecule has 0 radical (unpaired) electrons. The van der Waals surface area contributed by atoms with E-state index in [0.29, 0.717) is 0 Å². The standard InChI is InChI=1S/C30H62N2.2BrH/c1-3-5-7-9-11-13-15-17-19-21-23-31-25-28-32(29-26-31,30-27-31)24-22-20-18-16-14-12-10-8-6-4-2;;/h3-30H2,1-2H3;2*1H/q+2;;/p-2. The predicted octanol–water partition coefficient (Wildman–Crippen LogP) is 2.50. The van der Waals surface area contributed by atoms with Crippen molar-refractivity contribution in [2.75, 3.05) is 52.4 Å². The number of hydrogen-bond donors (Lipinski definition) is 0. The van der Waals surface area contributed by atoms with Crippen LogP contribution in [0.1, 0.15) is 142 Å². The minimum absolute atomic E-state index is 0. The van der Waals surface area contributed by atoms with Gasteiger partial charge in [-0.1, -0.05) is 117 Å². The number of rotatable bonds is 22. The van der Waals surface area contributed by atoms with Crippen molar-refractivity contribution in [2.24, 2.45) is 0 Å². The number of piperazine rings is 3. The fourth-order valence-corrected chi connectivity index (χ4v) is 6.48. The molecule has 206 valence electrons. The van der Waals surface area contributed by atoms with Gasteiger partial charge < -0.3 is 42.9 Å². The van der Waals surface area contributed by atoms with E-state index in [2.05, 4.69) is 13.8 Å². The van der Waals surface area contributed by atoms with Crippen molar-refractivity contribution in [1.82, 2.24) is 0 Å².